The standard InChI is InChI=1S/C27H15N5/c1-2-7-17-15-23-22(14-16(17)6-1)31-26-18-8-5-13-29-24(18)25-19(27(26)32-23)10-11-21(30-25)20-9-3-4-12-28-20/h1-15H. The summed E-state index contributed by atoms with van der Waals surface area (Å²) in [5.41, 5.74) is 6.69. The van der Waals surface area contributed by atoms with Gasteiger partial charge in [-0.3, -0.25) is 9.97 Å². The van der Waals surface area contributed by atoms with Gasteiger partial charge in [0.05, 0.1) is 44.5 Å². The third-order valence-corrected chi connectivity index (χ3v) is 5.90. The van der Waals surface area contributed by atoms with E-state index in [2.05, 4.69) is 40.3 Å². The summed E-state index contributed by atoms with van der Waals surface area (Å²) in [6, 6.07) is 26.3. The highest BCUT2D eigenvalue weighted by molar-refractivity contribution is 6.21. The lowest BCUT2D eigenvalue weighted by Crippen LogP contribution is -1.95. The van der Waals surface area contributed by atoms with E-state index in [1.165, 1.54) is 0 Å². The highest BCUT2D eigenvalue weighted by atomic mass is 14.8. The van der Waals surface area contributed by atoms with Crippen LogP contribution in [-0.2, 0) is 0 Å². The van der Waals surface area contributed by atoms with Gasteiger partial charge in [-0.25, -0.2) is 15.0 Å². The Morgan fingerprint density at radius 2 is 1.09 bits per heavy atom. The molecule has 0 N–H and O–H groups in total. The smallest absolute Gasteiger partial charge is 0.0996 e. The van der Waals surface area contributed by atoms with Crippen molar-refractivity contribution in [3.05, 3.63) is 91.3 Å². The molecule has 32 heavy (non-hydrogen) atoms. The van der Waals surface area contributed by atoms with Crippen LogP contribution < -0.4 is 0 Å². The Balaban J connectivity index is 1.64. The molecular formula is C27H15N5. The van der Waals surface area contributed by atoms with Crippen LogP contribution in [-0.4, -0.2) is 24.9 Å². The zero-order valence-corrected chi connectivity index (χ0v) is 16.9. The molecule has 0 radical (unpaired) electrons. The van der Waals surface area contributed by atoms with E-state index < -0.39 is 0 Å². The predicted octanol–water partition coefficient (Wildman–Crippen LogP) is 6.09. The fourth-order valence-corrected chi connectivity index (χ4v) is 4.39. The molecule has 3 aromatic carbocycles. The number of hydrogen-bond donors (Lipinski definition) is 0. The van der Waals surface area contributed by atoms with E-state index in [-0.39, 0.29) is 0 Å². The van der Waals surface area contributed by atoms with Gasteiger partial charge in [-0.05, 0) is 59.3 Å². The summed E-state index contributed by atoms with van der Waals surface area (Å²) < 4.78 is 0. The van der Waals surface area contributed by atoms with Crippen LogP contribution in [0.15, 0.2) is 91.3 Å². The van der Waals surface area contributed by atoms with Gasteiger partial charge in [0.25, 0.3) is 0 Å². The molecule has 0 fully saturated rings. The van der Waals surface area contributed by atoms with Crippen molar-refractivity contribution in [2.75, 3.05) is 0 Å². The zero-order valence-electron chi connectivity index (χ0n) is 16.9. The highest BCUT2D eigenvalue weighted by Crippen LogP contribution is 2.34. The minimum absolute atomic E-state index is 0.809. The highest BCUT2D eigenvalue weighted by Gasteiger charge is 2.15. The van der Waals surface area contributed by atoms with Crippen molar-refractivity contribution >= 4 is 54.6 Å². The maximum absolute atomic E-state index is 5.06. The fraction of sp³-hybridized carbons (Fsp3) is 0. The number of pyridine rings is 3. The third-order valence-electron chi connectivity index (χ3n) is 5.90. The predicted molar refractivity (Wildman–Crippen MR) is 128 cm³/mol. The second-order valence-corrected chi connectivity index (χ2v) is 7.82. The zero-order chi connectivity index (χ0) is 21.1. The lowest BCUT2D eigenvalue weighted by Gasteiger charge is -2.10. The van der Waals surface area contributed by atoms with Gasteiger partial charge in [0.15, 0.2) is 0 Å². The Labute approximate surface area is 182 Å². The van der Waals surface area contributed by atoms with E-state index in [1.54, 1.807) is 12.4 Å². The van der Waals surface area contributed by atoms with Gasteiger partial charge in [-0.2, -0.15) is 0 Å². The quantitative estimate of drug-likeness (QED) is 0.242. The number of benzene rings is 3. The van der Waals surface area contributed by atoms with Gasteiger partial charge in [-0.1, -0.05) is 30.3 Å². The summed E-state index contributed by atoms with van der Waals surface area (Å²) >= 11 is 0. The van der Waals surface area contributed by atoms with Crippen molar-refractivity contribution in [1.82, 2.24) is 24.9 Å². The molecule has 7 rings (SSSR count). The molecule has 5 heteroatoms. The Morgan fingerprint density at radius 1 is 0.438 bits per heavy atom. The number of rotatable bonds is 1. The van der Waals surface area contributed by atoms with Crippen molar-refractivity contribution in [3.8, 4) is 11.4 Å². The molecule has 0 spiro atoms. The number of aromatic nitrogens is 5. The molecule has 0 atom stereocenters. The van der Waals surface area contributed by atoms with E-state index in [9.17, 15) is 0 Å². The second kappa shape index (κ2) is 6.49. The van der Waals surface area contributed by atoms with Gasteiger partial charge in [0.2, 0.25) is 0 Å². The lowest BCUT2D eigenvalue weighted by atomic mass is 10.0. The van der Waals surface area contributed by atoms with E-state index in [0.717, 1.165) is 66.0 Å². The molecule has 0 aliphatic rings. The van der Waals surface area contributed by atoms with Gasteiger partial charge >= 0.3 is 0 Å². The first-order valence-electron chi connectivity index (χ1n) is 10.4. The first kappa shape index (κ1) is 17.2. The van der Waals surface area contributed by atoms with Crippen molar-refractivity contribution in [3.63, 3.8) is 0 Å². The van der Waals surface area contributed by atoms with Crippen molar-refractivity contribution in [2.45, 2.75) is 0 Å². The Hall–Kier alpha value is -4.51. The van der Waals surface area contributed by atoms with Crippen LogP contribution in [0, 0.1) is 0 Å². The first-order chi connectivity index (χ1) is 15.8. The molecule has 0 aliphatic heterocycles. The molecule has 0 saturated carbocycles. The molecule has 0 aliphatic carbocycles. The Kier molecular flexibility index (Phi) is 3.49. The molecule has 4 heterocycles. The van der Waals surface area contributed by atoms with Crippen LogP contribution in [0.25, 0.3) is 66.0 Å². The van der Waals surface area contributed by atoms with Crippen LogP contribution in [0.4, 0.5) is 0 Å². The number of nitrogens with zero attached hydrogens (tertiary/aromatic N) is 5. The van der Waals surface area contributed by atoms with Crippen LogP contribution in [0.2, 0.25) is 0 Å². The molecule has 0 unspecified atom stereocenters. The van der Waals surface area contributed by atoms with Crippen molar-refractivity contribution in [2.24, 2.45) is 0 Å². The summed E-state index contributed by atoms with van der Waals surface area (Å²) in [7, 11) is 0. The SMILES string of the molecule is c1ccc(-c2ccc3c(n2)c2ncccc2c2nc4cc5ccccc5cc4nc32)nc1. The molecule has 4 aromatic heterocycles. The third kappa shape index (κ3) is 2.48. The summed E-state index contributed by atoms with van der Waals surface area (Å²) in [4.78, 5) is 24.2. The average molecular weight is 409 g/mol. The monoisotopic (exact) mass is 409 g/mol. The number of hydrogen-bond acceptors (Lipinski definition) is 5. The first-order valence-corrected chi connectivity index (χ1v) is 10.4. The summed E-state index contributed by atoms with van der Waals surface area (Å²) in [5.74, 6) is 0. The molecule has 7 aromatic rings. The molecule has 148 valence electrons. The molecular weight excluding hydrogens is 394 g/mol. The fourth-order valence-electron chi connectivity index (χ4n) is 4.39. The average Bonchev–Trinajstić information content (AvgIpc) is 2.87. The maximum Gasteiger partial charge on any atom is 0.0996 e. The molecule has 0 saturated heterocycles. The van der Waals surface area contributed by atoms with E-state index in [0.29, 0.717) is 0 Å². The number of fused-ring (bicyclic) bond motifs is 8. The second-order valence-electron chi connectivity index (χ2n) is 7.82. The normalized spacial score (nSPS) is 11.8. The topological polar surface area (TPSA) is 64.5 Å². The van der Waals surface area contributed by atoms with Gasteiger partial charge in [-0.15, -0.1) is 0 Å². The van der Waals surface area contributed by atoms with Crippen LogP contribution in [0.3, 0.4) is 0 Å². The van der Waals surface area contributed by atoms with Crippen molar-refractivity contribution in [1.29, 1.82) is 0 Å². The van der Waals surface area contributed by atoms with Crippen LogP contribution in [0.5, 0.6) is 0 Å². The summed E-state index contributed by atoms with van der Waals surface area (Å²) in [6.07, 6.45) is 3.57. The Bertz CT molecular complexity index is 1830. The van der Waals surface area contributed by atoms with E-state index in [4.69, 9.17) is 15.0 Å². The van der Waals surface area contributed by atoms with Gasteiger partial charge in [0, 0.05) is 23.2 Å². The Morgan fingerprint density at radius 3 is 1.81 bits per heavy atom. The summed E-state index contributed by atoms with van der Waals surface area (Å²) in [5, 5.41) is 4.19. The van der Waals surface area contributed by atoms with Gasteiger partial charge in [0.1, 0.15) is 0 Å². The molecule has 5 nitrogen and oxygen atoms in total. The van der Waals surface area contributed by atoms with Crippen molar-refractivity contribution < 1.29 is 0 Å². The summed E-state index contributed by atoms with van der Waals surface area (Å²) in [6.45, 7) is 0. The minimum Gasteiger partial charge on any atom is -0.255 e. The van der Waals surface area contributed by atoms with Gasteiger partial charge < -0.3 is 0 Å². The largest absolute Gasteiger partial charge is 0.255 e. The molecule has 0 bridgehead atoms. The minimum atomic E-state index is 0.809. The lowest BCUT2D eigenvalue weighted by molar-refractivity contribution is 1.27. The van der Waals surface area contributed by atoms with E-state index in [1.807, 2.05) is 48.5 Å². The van der Waals surface area contributed by atoms with E-state index >= 15 is 0 Å². The molecule has 0 amide bonds. The maximum atomic E-state index is 5.06. The van der Waals surface area contributed by atoms with Crippen LogP contribution in [0.1, 0.15) is 0 Å². The van der Waals surface area contributed by atoms with Crippen LogP contribution >= 0.6 is 0 Å².